The van der Waals surface area contributed by atoms with Crippen LogP contribution in [0.15, 0.2) is 6.07 Å². The van der Waals surface area contributed by atoms with E-state index in [0.717, 1.165) is 29.5 Å². The predicted molar refractivity (Wildman–Crippen MR) is 160 cm³/mol. The second-order valence-corrected chi connectivity index (χ2v) is 13.3. The predicted octanol–water partition coefficient (Wildman–Crippen LogP) is 10.7. The van der Waals surface area contributed by atoms with Gasteiger partial charge in [-0.3, -0.25) is 4.79 Å². The third-order valence-corrected chi connectivity index (χ3v) is 7.46. The molecule has 0 saturated heterocycles. The summed E-state index contributed by atoms with van der Waals surface area (Å²) in [5.74, 6) is 0.683. The van der Waals surface area contributed by atoms with Crippen LogP contribution in [-0.2, 0) is 22.0 Å². The molecule has 0 unspecified atom stereocenters. The average molecular weight is 517 g/mol. The number of carbonyl (C=O) groups excluding carboxylic acids is 1. The molecule has 1 aromatic carbocycles. The number of ether oxygens (including phenoxy) is 1. The van der Waals surface area contributed by atoms with Crippen molar-refractivity contribution in [2.24, 2.45) is 0 Å². The highest BCUT2D eigenvalue weighted by atomic mass is 16.5. The molecule has 214 valence electrons. The lowest BCUT2D eigenvalue weighted by molar-refractivity contribution is -0.131. The zero-order valence-electron chi connectivity index (χ0n) is 25.9. The molecule has 0 aromatic heterocycles. The summed E-state index contributed by atoms with van der Waals surface area (Å²) in [5, 5.41) is 11.3. The molecule has 0 heterocycles. The molecule has 0 fully saturated rings. The summed E-state index contributed by atoms with van der Waals surface area (Å²) in [5.41, 5.74) is 2.27. The maximum Gasteiger partial charge on any atom is 0.308 e. The minimum atomic E-state index is -0.307. The first-order valence-corrected chi connectivity index (χ1v) is 15.5. The van der Waals surface area contributed by atoms with Gasteiger partial charge in [-0.15, -0.1) is 0 Å². The lowest BCUT2D eigenvalue weighted by Gasteiger charge is -2.31. The molecule has 0 atom stereocenters. The van der Waals surface area contributed by atoms with Crippen molar-refractivity contribution in [1.82, 2.24) is 0 Å². The first-order valence-electron chi connectivity index (χ1n) is 15.5. The van der Waals surface area contributed by atoms with E-state index in [1.807, 2.05) is 6.07 Å². The van der Waals surface area contributed by atoms with Crippen molar-refractivity contribution in [3.63, 3.8) is 0 Å². The Labute approximate surface area is 230 Å². The molecule has 0 radical (unpaired) electrons. The largest absolute Gasteiger partial charge is 0.507 e. The van der Waals surface area contributed by atoms with Gasteiger partial charge in [-0.25, -0.2) is 0 Å². The molecule has 0 spiro atoms. The van der Waals surface area contributed by atoms with Crippen molar-refractivity contribution >= 4 is 5.97 Å². The van der Waals surface area contributed by atoms with Crippen molar-refractivity contribution in [3.05, 3.63) is 22.8 Å². The summed E-state index contributed by atoms with van der Waals surface area (Å²) in [4.78, 5) is 11.9. The van der Waals surface area contributed by atoms with Gasteiger partial charge < -0.3 is 9.84 Å². The second-order valence-electron chi connectivity index (χ2n) is 13.3. The van der Waals surface area contributed by atoms with Gasteiger partial charge in [0.15, 0.2) is 0 Å². The molecule has 0 amide bonds. The van der Waals surface area contributed by atoms with Crippen LogP contribution in [0.5, 0.6) is 11.5 Å². The first-order chi connectivity index (χ1) is 17.4. The normalized spacial score (nSPS) is 12.2. The van der Waals surface area contributed by atoms with E-state index < -0.39 is 0 Å². The van der Waals surface area contributed by atoms with Gasteiger partial charge >= 0.3 is 5.97 Å². The lowest BCUT2D eigenvalue weighted by atomic mass is 9.76. The number of carbonyl (C=O) groups is 1. The van der Waals surface area contributed by atoms with Crippen molar-refractivity contribution in [3.8, 4) is 11.5 Å². The third kappa shape index (κ3) is 13.2. The van der Waals surface area contributed by atoms with Gasteiger partial charge in [0.05, 0.1) is 0 Å². The molecule has 0 saturated carbocycles. The Balaban J connectivity index is 2.48. The highest BCUT2D eigenvalue weighted by Gasteiger charge is 2.31. The summed E-state index contributed by atoms with van der Waals surface area (Å²) in [6, 6.07) is 1.90. The van der Waals surface area contributed by atoms with Crippen LogP contribution >= 0.6 is 0 Å². The molecular formula is C34H60O3. The Bertz CT molecular complexity index is 780. The topological polar surface area (TPSA) is 46.5 Å². The Kier molecular flexibility index (Phi) is 15.5. The Morgan fingerprint density at radius 2 is 1.11 bits per heavy atom. The van der Waals surface area contributed by atoms with Crippen LogP contribution in [-0.4, -0.2) is 11.1 Å². The molecule has 1 N–H and O–H groups in total. The molecular weight excluding hydrogens is 456 g/mol. The Morgan fingerprint density at radius 1 is 0.703 bits per heavy atom. The fourth-order valence-corrected chi connectivity index (χ4v) is 5.41. The fourth-order valence-electron chi connectivity index (χ4n) is 5.41. The molecule has 0 aliphatic heterocycles. The standard InChI is InChI=1S/C34H60O3/c1-9-10-11-12-13-14-15-16-17-18-19-20-21-22-23-24-25-28-30(37-27(2)35)26-29(33(3,4)5)32(36)31(28)34(6,7)8/h26,36H,9-25H2,1-8H3. The monoisotopic (exact) mass is 516 g/mol. The fraction of sp³-hybridized carbons (Fsp3) is 0.794. The molecule has 0 aliphatic rings. The highest BCUT2D eigenvalue weighted by molar-refractivity contribution is 5.71. The van der Waals surface area contributed by atoms with Crippen molar-refractivity contribution in [2.45, 2.75) is 175 Å². The van der Waals surface area contributed by atoms with Crippen molar-refractivity contribution in [1.29, 1.82) is 0 Å². The lowest BCUT2D eigenvalue weighted by Crippen LogP contribution is -2.21. The van der Waals surface area contributed by atoms with E-state index in [2.05, 4.69) is 48.5 Å². The van der Waals surface area contributed by atoms with Crippen molar-refractivity contribution in [2.75, 3.05) is 0 Å². The van der Waals surface area contributed by atoms with Crippen LogP contribution < -0.4 is 4.74 Å². The maximum absolute atomic E-state index is 11.9. The number of esters is 1. The van der Waals surface area contributed by atoms with Crippen LogP contribution in [0.3, 0.4) is 0 Å². The molecule has 1 aromatic rings. The van der Waals surface area contributed by atoms with Crippen LogP contribution in [0.2, 0.25) is 0 Å². The summed E-state index contributed by atoms with van der Waals surface area (Å²) in [6.07, 6.45) is 22.4. The van der Waals surface area contributed by atoms with Gasteiger partial charge in [0.2, 0.25) is 0 Å². The SMILES string of the molecule is CCCCCCCCCCCCCCCCCCc1c(OC(C)=O)cc(C(C)(C)C)c(O)c1C(C)(C)C. The number of rotatable bonds is 18. The van der Waals surface area contributed by atoms with Gasteiger partial charge in [0.25, 0.3) is 0 Å². The number of unbranched alkanes of at least 4 members (excludes halogenated alkanes) is 15. The van der Waals surface area contributed by atoms with Crippen LogP contribution in [0.25, 0.3) is 0 Å². The first kappa shape index (κ1) is 33.5. The zero-order valence-corrected chi connectivity index (χ0v) is 25.9. The van der Waals surface area contributed by atoms with Gasteiger partial charge in [-0.2, -0.15) is 0 Å². The number of phenols is 1. The average Bonchev–Trinajstić information content (AvgIpc) is 2.78. The number of hydrogen-bond acceptors (Lipinski definition) is 3. The smallest absolute Gasteiger partial charge is 0.308 e. The van der Waals surface area contributed by atoms with E-state index in [1.165, 1.54) is 103 Å². The Hall–Kier alpha value is -1.51. The van der Waals surface area contributed by atoms with Crippen molar-refractivity contribution < 1.29 is 14.6 Å². The van der Waals surface area contributed by atoms with E-state index >= 15 is 0 Å². The van der Waals surface area contributed by atoms with E-state index in [9.17, 15) is 9.90 Å². The zero-order chi connectivity index (χ0) is 27.9. The summed E-state index contributed by atoms with van der Waals surface area (Å²) in [6.45, 7) is 16.4. The van der Waals surface area contributed by atoms with E-state index in [0.29, 0.717) is 11.5 Å². The number of benzene rings is 1. The van der Waals surface area contributed by atoms with Crippen LogP contribution in [0, 0.1) is 0 Å². The van der Waals surface area contributed by atoms with Crippen LogP contribution in [0.1, 0.15) is 175 Å². The van der Waals surface area contributed by atoms with Gasteiger partial charge in [0.1, 0.15) is 11.5 Å². The molecule has 3 heteroatoms. The van der Waals surface area contributed by atoms with E-state index in [4.69, 9.17) is 4.74 Å². The second kappa shape index (κ2) is 17.2. The highest BCUT2D eigenvalue weighted by Crippen LogP contribution is 2.45. The quantitative estimate of drug-likeness (QED) is 0.120. The molecule has 37 heavy (non-hydrogen) atoms. The minimum absolute atomic E-state index is 0.244. The summed E-state index contributed by atoms with van der Waals surface area (Å²) >= 11 is 0. The maximum atomic E-state index is 11.9. The summed E-state index contributed by atoms with van der Waals surface area (Å²) < 4.78 is 5.70. The van der Waals surface area contributed by atoms with E-state index in [1.54, 1.807) is 0 Å². The van der Waals surface area contributed by atoms with Crippen LogP contribution in [0.4, 0.5) is 0 Å². The summed E-state index contributed by atoms with van der Waals surface area (Å²) in [7, 11) is 0. The van der Waals surface area contributed by atoms with Gasteiger partial charge in [-0.05, 0) is 29.7 Å². The van der Waals surface area contributed by atoms with Gasteiger partial charge in [0, 0.05) is 23.6 Å². The molecule has 0 bridgehead atoms. The molecule has 1 rings (SSSR count). The number of aromatic hydroxyl groups is 1. The van der Waals surface area contributed by atoms with E-state index in [-0.39, 0.29) is 16.8 Å². The number of phenolic OH excluding ortho intramolecular Hbond substituents is 1. The van der Waals surface area contributed by atoms with Gasteiger partial charge in [-0.1, -0.05) is 145 Å². The third-order valence-electron chi connectivity index (χ3n) is 7.46. The molecule has 3 nitrogen and oxygen atoms in total. The molecule has 0 aliphatic carbocycles. The Morgan fingerprint density at radius 3 is 1.46 bits per heavy atom. The number of hydrogen-bond donors (Lipinski definition) is 1. The minimum Gasteiger partial charge on any atom is -0.507 e.